The Morgan fingerprint density at radius 2 is 2.22 bits per heavy atom. The van der Waals surface area contributed by atoms with Crippen LogP contribution in [0.1, 0.15) is 25.7 Å². The zero-order chi connectivity index (χ0) is 6.53. The first-order chi connectivity index (χ1) is 4.43. The van der Waals surface area contributed by atoms with Gasteiger partial charge in [-0.3, -0.25) is 0 Å². The van der Waals surface area contributed by atoms with Gasteiger partial charge in [-0.05, 0) is 25.7 Å². The molecule has 0 bridgehead atoms. The van der Waals surface area contributed by atoms with Crippen LogP contribution in [0.25, 0.3) is 0 Å². The predicted molar refractivity (Wildman–Crippen MR) is 35.3 cm³/mol. The molecule has 0 spiro atoms. The van der Waals surface area contributed by atoms with Crippen LogP contribution in [0.5, 0.6) is 0 Å². The molecule has 54 valence electrons. The summed E-state index contributed by atoms with van der Waals surface area (Å²) in [7, 11) is 0. The minimum Gasteiger partial charge on any atom is -0.396 e. The van der Waals surface area contributed by atoms with Gasteiger partial charge >= 0.3 is 0 Å². The van der Waals surface area contributed by atoms with Crippen LogP contribution in [0.4, 0.5) is 0 Å². The van der Waals surface area contributed by atoms with E-state index in [9.17, 15) is 0 Å². The summed E-state index contributed by atoms with van der Waals surface area (Å²) in [4.78, 5) is 0. The first-order valence-corrected chi connectivity index (χ1v) is 3.66. The average molecular weight is 130 g/mol. The van der Waals surface area contributed by atoms with Gasteiger partial charge in [0.25, 0.3) is 0 Å². The lowest BCUT2D eigenvalue weighted by atomic mass is 10.1. The van der Waals surface area contributed by atoms with Gasteiger partial charge in [0.2, 0.25) is 0 Å². The first-order valence-electron chi connectivity index (χ1n) is 3.66. The van der Waals surface area contributed by atoms with Crippen LogP contribution in [0, 0.1) is 0 Å². The van der Waals surface area contributed by atoms with Gasteiger partial charge in [0.1, 0.15) is 0 Å². The number of rotatable bonds is 4. The van der Waals surface area contributed by atoms with Gasteiger partial charge in [-0.25, -0.2) is 0 Å². The van der Waals surface area contributed by atoms with Crippen molar-refractivity contribution in [3.05, 3.63) is 0 Å². The molecule has 1 unspecified atom stereocenters. The number of hydrogen-bond acceptors (Lipinski definition) is 2. The van der Waals surface area contributed by atoms with E-state index < -0.39 is 0 Å². The molecular weight excluding hydrogens is 116 g/mol. The number of ether oxygens (including phenoxy) is 1. The lowest BCUT2D eigenvalue weighted by molar-refractivity contribution is -0.0558. The van der Waals surface area contributed by atoms with Gasteiger partial charge < -0.3 is 9.84 Å². The summed E-state index contributed by atoms with van der Waals surface area (Å²) in [6.07, 6.45) is 4.93. The maximum atomic E-state index is 8.43. The van der Waals surface area contributed by atoms with E-state index in [0.29, 0.717) is 12.7 Å². The topological polar surface area (TPSA) is 29.5 Å². The molecule has 1 atom stereocenters. The van der Waals surface area contributed by atoms with Gasteiger partial charge in [-0.2, -0.15) is 0 Å². The molecule has 1 aliphatic heterocycles. The number of hydrogen-bond donors (Lipinski definition) is 1. The molecule has 1 heterocycles. The normalized spacial score (nSPS) is 25.7. The summed E-state index contributed by atoms with van der Waals surface area (Å²) < 4.78 is 5.20. The molecule has 1 aliphatic rings. The molecule has 0 aromatic rings. The van der Waals surface area contributed by atoms with E-state index in [1.807, 2.05) is 0 Å². The van der Waals surface area contributed by atoms with E-state index >= 15 is 0 Å². The number of aliphatic hydroxyl groups excluding tert-OH is 1. The fourth-order valence-electron chi connectivity index (χ4n) is 0.996. The van der Waals surface area contributed by atoms with Gasteiger partial charge in [-0.1, -0.05) is 0 Å². The summed E-state index contributed by atoms with van der Waals surface area (Å²) in [6, 6.07) is 0. The Bertz CT molecular complexity index is 69.3. The van der Waals surface area contributed by atoms with Crippen molar-refractivity contribution in [3.8, 4) is 0 Å². The Labute approximate surface area is 55.8 Å². The van der Waals surface area contributed by atoms with Crippen LogP contribution in [0.3, 0.4) is 0 Å². The van der Waals surface area contributed by atoms with E-state index in [1.54, 1.807) is 0 Å². The summed E-state index contributed by atoms with van der Waals surface area (Å²) in [5.74, 6) is 0. The van der Waals surface area contributed by atoms with Gasteiger partial charge in [-0.15, -0.1) is 0 Å². The van der Waals surface area contributed by atoms with Gasteiger partial charge in [0, 0.05) is 13.2 Å². The van der Waals surface area contributed by atoms with Crippen molar-refractivity contribution in [2.75, 3.05) is 13.2 Å². The lowest BCUT2D eigenvalue weighted by Crippen LogP contribution is -2.26. The molecule has 0 radical (unpaired) electrons. The highest BCUT2D eigenvalue weighted by atomic mass is 16.5. The van der Waals surface area contributed by atoms with Crippen molar-refractivity contribution in [1.82, 2.24) is 0 Å². The maximum absolute atomic E-state index is 8.43. The first kappa shape index (κ1) is 7.03. The Morgan fingerprint density at radius 3 is 2.67 bits per heavy atom. The Balaban J connectivity index is 1.80. The van der Waals surface area contributed by atoms with Crippen LogP contribution < -0.4 is 0 Å². The molecule has 9 heavy (non-hydrogen) atoms. The van der Waals surface area contributed by atoms with Crippen molar-refractivity contribution in [3.63, 3.8) is 0 Å². The number of aliphatic hydroxyl groups is 1. The Kier molecular flexibility index (Phi) is 3.01. The van der Waals surface area contributed by atoms with E-state index in [4.69, 9.17) is 9.84 Å². The van der Waals surface area contributed by atoms with Crippen LogP contribution in [-0.4, -0.2) is 24.4 Å². The van der Waals surface area contributed by atoms with Crippen LogP contribution in [0.2, 0.25) is 0 Å². The summed E-state index contributed by atoms with van der Waals surface area (Å²) in [6.45, 7) is 1.27. The fraction of sp³-hybridized carbons (Fsp3) is 1.00. The summed E-state index contributed by atoms with van der Waals surface area (Å²) >= 11 is 0. The van der Waals surface area contributed by atoms with E-state index in [1.165, 1.54) is 6.42 Å². The highest BCUT2D eigenvalue weighted by molar-refractivity contribution is 4.65. The molecule has 1 saturated heterocycles. The van der Waals surface area contributed by atoms with Crippen molar-refractivity contribution in [2.24, 2.45) is 0 Å². The van der Waals surface area contributed by atoms with Crippen molar-refractivity contribution in [2.45, 2.75) is 31.8 Å². The molecule has 0 saturated carbocycles. The highest BCUT2D eigenvalue weighted by Crippen LogP contribution is 2.16. The Morgan fingerprint density at radius 1 is 1.44 bits per heavy atom. The average Bonchev–Trinajstić information content (AvgIpc) is 1.76. The molecule has 0 aromatic heterocycles. The highest BCUT2D eigenvalue weighted by Gasteiger charge is 2.16. The maximum Gasteiger partial charge on any atom is 0.0597 e. The second kappa shape index (κ2) is 3.85. The Hall–Kier alpha value is -0.0800. The van der Waals surface area contributed by atoms with Crippen molar-refractivity contribution >= 4 is 0 Å². The minimum absolute atomic E-state index is 0.326. The molecular formula is C7H14O2. The monoisotopic (exact) mass is 130 g/mol. The molecule has 2 nitrogen and oxygen atoms in total. The zero-order valence-electron chi connectivity index (χ0n) is 5.68. The van der Waals surface area contributed by atoms with E-state index in [0.717, 1.165) is 25.9 Å². The largest absolute Gasteiger partial charge is 0.396 e. The second-order valence-electron chi connectivity index (χ2n) is 2.50. The zero-order valence-corrected chi connectivity index (χ0v) is 5.68. The van der Waals surface area contributed by atoms with Crippen molar-refractivity contribution in [1.29, 1.82) is 0 Å². The molecule has 0 amide bonds. The molecule has 0 aromatic carbocycles. The SMILES string of the molecule is OCCCCC1CCO1. The third-order valence-electron chi connectivity index (χ3n) is 1.73. The second-order valence-corrected chi connectivity index (χ2v) is 2.50. The molecule has 1 rings (SSSR count). The van der Waals surface area contributed by atoms with Crippen LogP contribution >= 0.6 is 0 Å². The lowest BCUT2D eigenvalue weighted by Gasteiger charge is -2.25. The predicted octanol–water partition coefficient (Wildman–Crippen LogP) is 0.938. The van der Waals surface area contributed by atoms with Crippen LogP contribution in [0.15, 0.2) is 0 Å². The third kappa shape index (κ3) is 2.33. The standard InChI is InChI=1S/C7H14O2/c8-5-2-1-3-7-4-6-9-7/h7-8H,1-6H2. The van der Waals surface area contributed by atoms with E-state index in [-0.39, 0.29) is 0 Å². The summed E-state index contributed by atoms with van der Waals surface area (Å²) in [5.41, 5.74) is 0. The number of unbranched alkanes of at least 4 members (excludes halogenated alkanes) is 1. The van der Waals surface area contributed by atoms with Crippen molar-refractivity contribution < 1.29 is 9.84 Å². The van der Waals surface area contributed by atoms with Gasteiger partial charge in [0.05, 0.1) is 6.10 Å². The molecule has 0 aliphatic carbocycles. The third-order valence-corrected chi connectivity index (χ3v) is 1.73. The summed E-state index contributed by atoms with van der Waals surface area (Å²) in [5, 5.41) is 8.43. The minimum atomic E-state index is 0.326. The smallest absolute Gasteiger partial charge is 0.0597 e. The van der Waals surface area contributed by atoms with Crippen LogP contribution in [-0.2, 0) is 4.74 Å². The fourth-order valence-corrected chi connectivity index (χ4v) is 0.996. The molecule has 1 fully saturated rings. The van der Waals surface area contributed by atoms with E-state index in [2.05, 4.69) is 0 Å². The molecule has 1 N–H and O–H groups in total. The molecule has 2 heteroatoms. The quantitative estimate of drug-likeness (QED) is 0.574. The van der Waals surface area contributed by atoms with Gasteiger partial charge in [0.15, 0.2) is 0 Å².